The molecule has 1 aliphatic rings. The zero-order chi connectivity index (χ0) is 17.9. The average Bonchev–Trinajstić information content (AvgIpc) is 2.68. The van der Waals surface area contributed by atoms with E-state index in [0.29, 0.717) is 13.1 Å². The molecule has 0 unspecified atom stereocenters. The Labute approximate surface area is 145 Å². The number of aromatic nitrogens is 1. The Morgan fingerprint density at radius 2 is 1.72 bits per heavy atom. The van der Waals surface area contributed by atoms with E-state index < -0.39 is 15.9 Å². The lowest BCUT2D eigenvalue weighted by molar-refractivity contribution is 0.0702. The van der Waals surface area contributed by atoms with Gasteiger partial charge in [0.15, 0.2) is 0 Å². The maximum absolute atomic E-state index is 12.9. The van der Waals surface area contributed by atoms with E-state index in [1.807, 2.05) is 23.1 Å². The highest BCUT2D eigenvalue weighted by atomic mass is 32.2. The van der Waals surface area contributed by atoms with Gasteiger partial charge in [-0.2, -0.15) is 4.31 Å². The molecule has 1 fully saturated rings. The van der Waals surface area contributed by atoms with Crippen LogP contribution >= 0.6 is 0 Å². The summed E-state index contributed by atoms with van der Waals surface area (Å²) in [7, 11) is -3.84. The number of carbonyl (C=O) groups is 1. The molecule has 0 aliphatic carbocycles. The first-order valence-corrected chi connectivity index (χ1v) is 9.17. The molecule has 0 atom stereocenters. The van der Waals surface area contributed by atoms with Crippen molar-refractivity contribution in [1.29, 1.82) is 0 Å². The molecule has 3 rings (SSSR count). The molecule has 1 aromatic heterocycles. The SMILES string of the molecule is O=C(NO)c1ccccc1S(=O)(=O)N1CCN(c2ccccn2)CC1. The third-order valence-corrected chi connectivity index (χ3v) is 6.02. The summed E-state index contributed by atoms with van der Waals surface area (Å²) in [6.45, 7) is 1.58. The van der Waals surface area contributed by atoms with Gasteiger partial charge in [0, 0.05) is 32.4 Å². The van der Waals surface area contributed by atoms with Crippen LogP contribution in [0.5, 0.6) is 0 Å². The van der Waals surface area contributed by atoms with Gasteiger partial charge in [0.1, 0.15) is 5.82 Å². The summed E-state index contributed by atoms with van der Waals surface area (Å²) in [5.74, 6) is -0.0501. The van der Waals surface area contributed by atoms with Gasteiger partial charge in [-0.1, -0.05) is 18.2 Å². The minimum atomic E-state index is -3.84. The van der Waals surface area contributed by atoms with E-state index in [0.717, 1.165) is 5.82 Å². The highest BCUT2D eigenvalue weighted by Gasteiger charge is 2.31. The normalized spacial score (nSPS) is 15.8. The predicted molar refractivity (Wildman–Crippen MR) is 90.9 cm³/mol. The Kier molecular flexibility index (Phi) is 4.98. The molecule has 1 aromatic carbocycles. The average molecular weight is 362 g/mol. The molecule has 25 heavy (non-hydrogen) atoms. The molecular weight excluding hydrogens is 344 g/mol. The van der Waals surface area contributed by atoms with Crippen LogP contribution in [0.15, 0.2) is 53.6 Å². The number of carbonyl (C=O) groups excluding carboxylic acids is 1. The number of rotatable bonds is 4. The maximum atomic E-state index is 12.9. The molecule has 132 valence electrons. The Morgan fingerprint density at radius 1 is 1.04 bits per heavy atom. The summed E-state index contributed by atoms with van der Waals surface area (Å²) in [4.78, 5) is 17.9. The van der Waals surface area contributed by atoms with Gasteiger partial charge in [0.25, 0.3) is 5.91 Å². The molecule has 2 aromatic rings. The highest BCUT2D eigenvalue weighted by molar-refractivity contribution is 7.89. The number of nitrogens with one attached hydrogen (secondary N) is 1. The first kappa shape index (κ1) is 17.3. The van der Waals surface area contributed by atoms with Gasteiger partial charge in [0.05, 0.1) is 10.5 Å². The smallest absolute Gasteiger partial charge is 0.276 e. The highest BCUT2D eigenvalue weighted by Crippen LogP contribution is 2.22. The van der Waals surface area contributed by atoms with Crippen LogP contribution in [-0.4, -0.2) is 55.0 Å². The zero-order valence-electron chi connectivity index (χ0n) is 13.4. The number of piperazine rings is 1. The largest absolute Gasteiger partial charge is 0.354 e. The van der Waals surface area contributed by atoms with E-state index >= 15 is 0 Å². The Bertz CT molecular complexity index is 849. The second-order valence-corrected chi connectivity index (χ2v) is 7.42. The summed E-state index contributed by atoms with van der Waals surface area (Å²) < 4.78 is 27.1. The summed E-state index contributed by atoms with van der Waals surface area (Å²) in [5, 5.41) is 8.83. The lowest BCUT2D eigenvalue weighted by Gasteiger charge is -2.34. The number of hydrogen-bond donors (Lipinski definition) is 2. The first-order chi connectivity index (χ1) is 12.0. The molecule has 0 bridgehead atoms. The van der Waals surface area contributed by atoms with E-state index in [1.165, 1.54) is 21.9 Å². The van der Waals surface area contributed by atoms with Crippen molar-refractivity contribution in [2.24, 2.45) is 0 Å². The maximum Gasteiger partial charge on any atom is 0.276 e. The quantitative estimate of drug-likeness (QED) is 0.613. The van der Waals surface area contributed by atoms with E-state index in [9.17, 15) is 13.2 Å². The summed E-state index contributed by atoms with van der Waals surface area (Å²) in [6.07, 6.45) is 1.70. The van der Waals surface area contributed by atoms with Crippen molar-refractivity contribution < 1.29 is 18.4 Å². The van der Waals surface area contributed by atoms with Crippen molar-refractivity contribution in [3.8, 4) is 0 Å². The lowest BCUT2D eigenvalue weighted by Crippen LogP contribution is -2.49. The first-order valence-electron chi connectivity index (χ1n) is 7.73. The standard InChI is InChI=1S/C16H18N4O4S/c21-16(18-22)13-5-1-2-6-14(13)25(23,24)20-11-9-19(10-12-20)15-7-3-4-8-17-15/h1-8,22H,9-12H2,(H,18,21). The summed E-state index contributed by atoms with van der Waals surface area (Å²) in [6, 6.07) is 11.4. The van der Waals surface area contributed by atoms with Gasteiger partial charge in [-0.3, -0.25) is 10.0 Å². The molecule has 0 saturated carbocycles. The van der Waals surface area contributed by atoms with E-state index in [-0.39, 0.29) is 23.5 Å². The molecule has 2 N–H and O–H groups in total. The minimum Gasteiger partial charge on any atom is -0.354 e. The molecule has 0 spiro atoms. The van der Waals surface area contributed by atoms with Crippen molar-refractivity contribution in [3.05, 3.63) is 54.2 Å². The second kappa shape index (κ2) is 7.18. The number of pyridine rings is 1. The van der Waals surface area contributed by atoms with E-state index in [4.69, 9.17) is 5.21 Å². The van der Waals surface area contributed by atoms with Crippen LogP contribution in [0, 0.1) is 0 Å². The van der Waals surface area contributed by atoms with Gasteiger partial charge in [-0.15, -0.1) is 0 Å². The van der Waals surface area contributed by atoms with Crippen LogP contribution in [0.2, 0.25) is 0 Å². The van der Waals surface area contributed by atoms with Crippen LogP contribution in [0.25, 0.3) is 0 Å². The molecular formula is C16H18N4O4S. The van der Waals surface area contributed by atoms with Crippen LogP contribution in [0.1, 0.15) is 10.4 Å². The number of anilines is 1. The van der Waals surface area contributed by atoms with Crippen molar-refractivity contribution in [2.45, 2.75) is 4.90 Å². The van der Waals surface area contributed by atoms with Gasteiger partial charge in [-0.05, 0) is 24.3 Å². The molecule has 2 heterocycles. The molecule has 0 radical (unpaired) electrons. The van der Waals surface area contributed by atoms with Crippen molar-refractivity contribution in [3.63, 3.8) is 0 Å². The second-order valence-electron chi connectivity index (χ2n) is 5.52. The third kappa shape index (κ3) is 3.48. The number of hydroxylamine groups is 1. The fourth-order valence-electron chi connectivity index (χ4n) is 2.78. The van der Waals surface area contributed by atoms with Crippen molar-refractivity contribution in [1.82, 2.24) is 14.8 Å². The lowest BCUT2D eigenvalue weighted by atomic mass is 10.2. The topological polar surface area (TPSA) is 103 Å². The number of benzene rings is 1. The van der Waals surface area contributed by atoms with Crippen LogP contribution in [0.3, 0.4) is 0 Å². The third-order valence-electron chi connectivity index (χ3n) is 4.06. The fourth-order valence-corrected chi connectivity index (χ4v) is 4.39. The molecule has 9 heteroatoms. The van der Waals surface area contributed by atoms with Crippen molar-refractivity contribution >= 4 is 21.7 Å². The van der Waals surface area contributed by atoms with Crippen LogP contribution in [0.4, 0.5) is 5.82 Å². The van der Waals surface area contributed by atoms with Crippen molar-refractivity contribution in [2.75, 3.05) is 31.1 Å². The van der Waals surface area contributed by atoms with Gasteiger partial charge in [-0.25, -0.2) is 18.9 Å². The van der Waals surface area contributed by atoms with E-state index in [2.05, 4.69) is 4.98 Å². The number of nitrogens with zero attached hydrogens (tertiary/aromatic N) is 3. The molecule has 1 amide bonds. The van der Waals surface area contributed by atoms with Crippen LogP contribution in [-0.2, 0) is 10.0 Å². The molecule has 1 saturated heterocycles. The number of hydrogen-bond acceptors (Lipinski definition) is 6. The van der Waals surface area contributed by atoms with Gasteiger partial charge in [0.2, 0.25) is 10.0 Å². The Hall–Kier alpha value is -2.49. The fraction of sp³-hybridized carbons (Fsp3) is 0.250. The monoisotopic (exact) mass is 362 g/mol. The Morgan fingerprint density at radius 3 is 2.36 bits per heavy atom. The minimum absolute atomic E-state index is 0.0860. The molecule has 1 aliphatic heterocycles. The predicted octanol–water partition coefficient (Wildman–Crippen LogP) is 0.712. The number of amides is 1. The van der Waals surface area contributed by atoms with Gasteiger partial charge >= 0.3 is 0 Å². The van der Waals surface area contributed by atoms with Crippen LogP contribution < -0.4 is 10.4 Å². The Balaban J connectivity index is 1.80. The molecule has 8 nitrogen and oxygen atoms in total. The summed E-state index contributed by atoms with van der Waals surface area (Å²) >= 11 is 0. The number of sulfonamides is 1. The zero-order valence-corrected chi connectivity index (χ0v) is 14.2. The summed E-state index contributed by atoms with van der Waals surface area (Å²) in [5.41, 5.74) is 1.40. The van der Waals surface area contributed by atoms with Gasteiger partial charge < -0.3 is 4.90 Å². The van der Waals surface area contributed by atoms with E-state index in [1.54, 1.807) is 18.3 Å².